The van der Waals surface area contributed by atoms with Crippen molar-refractivity contribution in [3.05, 3.63) is 28.3 Å². The number of hydrogen-bond acceptors (Lipinski definition) is 3. The molecule has 13 heavy (non-hydrogen) atoms. The predicted octanol–water partition coefficient (Wildman–Crippen LogP) is 2.20. The molecule has 0 aliphatic rings. The Morgan fingerprint density at radius 1 is 1.62 bits per heavy atom. The topological polar surface area (TPSA) is 61.1 Å². The second kappa shape index (κ2) is 3.69. The van der Waals surface area contributed by atoms with Crippen molar-refractivity contribution in [1.82, 2.24) is 0 Å². The monoisotopic (exact) mass is 213 g/mol. The van der Waals surface area contributed by atoms with E-state index < -0.39 is 5.97 Å². The lowest BCUT2D eigenvalue weighted by Crippen LogP contribution is -2.00. The van der Waals surface area contributed by atoms with Crippen molar-refractivity contribution in [2.45, 2.75) is 4.90 Å². The minimum absolute atomic E-state index is 0.0671. The fourth-order valence-corrected chi connectivity index (χ4v) is 1.49. The van der Waals surface area contributed by atoms with E-state index in [1.54, 1.807) is 6.07 Å². The van der Waals surface area contributed by atoms with E-state index in [0.717, 1.165) is 0 Å². The summed E-state index contributed by atoms with van der Waals surface area (Å²) in [6, 6.07) is 4.64. The van der Waals surface area contributed by atoms with Gasteiger partial charge in [-0.05, 0) is 12.1 Å². The molecule has 1 aromatic carbocycles. The Morgan fingerprint density at radius 2 is 2.23 bits per heavy atom. The minimum Gasteiger partial charge on any atom is -0.478 e. The number of carboxylic acids is 1. The fourth-order valence-electron chi connectivity index (χ4n) is 0.856. The Bertz CT molecular complexity index is 411. The molecule has 0 heterocycles. The zero-order chi connectivity index (χ0) is 10.0. The van der Waals surface area contributed by atoms with Gasteiger partial charge in [0, 0.05) is 4.90 Å². The van der Waals surface area contributed by atoms with Gasteiger partial charge < -0.3 is 5.11 Å². The maximum atomic E-state index is 10.7. The molecule has 0 aliphatic heterocycles. The Kier molecular flexibility index (Phi) is 2.81. The summed E-state index contributed by atoms with van der Waals surface area (Å²) in [6.45, 7) is 0. The van der Waals surface area contributed by atoms with E-state index >= 15 is 0 Å². The van der Waals surface area contributed by atoms with Gasteiger partial charge in [0.2, 0.25) is 0 Å². The van der Waals surface area contributed by atoms with Gasteiger partial charge >= 0.3 is 5.97 Å². The number of hydrogen-bond donors (Lipinski definition) is 2. The number of nitrogens with zero attached hydrogens (tertiary/aromatic N) is 1. The lowest BCUT2D eigenvalue weighted by molar-refractivity contribution is 0.0693. The van der Waals surface area contributed by atoms with Gasteiger partial charge in [-0.2, -0.15) is 5.26 Å². The fraction of sp³-hybridized carbons (Fsp3) is 0. The standard InChI is InChI=1S/C8H4ClNO2S/c9-7-4(3-10)1-2-5(13)6(7)8(11)12/h1-2,13H,(H,11,12). The van der Waals surface area contributed by atoms with Crippen LogP contribution in [-0.2, 0) is 0 Å². The van der Waals surface area contributed by atoms with Crippen LogP contribution in [0.2, 0.25) is 5.02 Å². The molecule has 3 nitrogen and oxygen atoms in total. The summed E-state index contributed by atoms with van der Waals surface area (Å²) in [5.41, 5.74) is 0.000849. The van der Waals surface area contributed by atoms with Crippen molar-refractivity contribution in [3.8, 4) is 6.07 Å². The van der Waals surface area contributed by atoms with E-state index in [1.807, 2.05) is 0 Å². The first-order chi connectivity index (χ1) is 6.07. The number of benzene rings is 1. The predicted molar refractivity (Wildman–Crippen MR) is 50.4 cm³/mol. The molecule has 0 atom stereocenters. The zero-order valence-electron chi connectivity index (χ0n) is 6.28. The van der Waals surface area contributed by atoms with E-state index in [0.29, 0.717) is 0 Å². The van der Waals surface area contributed by atoms with Crippen LogP contribution >= 0.6 is 24.2 Å². The van der Waals surface area contributed by atoms with E-state index in [-0.39, 0.29) is 21.0 Å². The number of nitriles is 1. The van der Waals surface area contributed by atoms with Crippen LogP contribution in [0, 0.1) is 11.3 Å². The Hall–Kier alpha value is -1.18. The number of carbonyl (C=O) groups is 1. The third kappa shape index (κ3) is 1.77. The average molecular weight is 214 g/mol. The quantitative estimate of drug-likeness (QED) is 0.703. The van der Waals surface area contributed by atoms with Crippen LogP contribution in [0.4, 0.5) is 0 Å². The van der Waals surface area contributed by atoms with E-state index in [9.17, 15) is 4.79 Å². The van der Waals surface area contributed by atoms with Crippen LogP contribution < -0.4 is 0 Å². The summed E-state index contributed by atoms with van der Waals surface area (Å²) in [4.78, 5) is 10.9. The third-order valence-electron chi connectivity index (χ3n) is 1.45. The maximum absolute atomic E-state index is 10.7. The number of rotatable bonds is 1. The van der Waals surface area contributed by atoms with Gasteiger partial charge in [-0.1, -0.05) is 11.6 Å². The van der Waals surface area contributed by atoms with Gasteiger partial charge in [-0.25, -0.2) is 4.79 Å². The summed E-state index contributed by atoms with van der Waals surface area (Å²) in [6.07, 6.45) is 0. The Morgan fingerprint density at radius 3 is 2.69 bits per heavy atom. The summed E-state index contributed by atoms with van der Waals surface area (Å²) >= 11 is 9.58. The molecule has 66 valence electrons. The highest BCUT2D eigenvalue weighted by Gasteiger charge is 2.15. The molecular formula is C8H4ClNO2S. The Balaban J connectivity index is 3.50. The lowest BCUT2D eigenvalue weighted by Gasteiger charge is -2.02. The first-order valence-corrected chi connectivity index (χ1v) is 4.05. The van der Waals surface area contributed by atoms with Crippen molar-refractivity contribution >= 4 is 30.2 Å². The summed E-state index contributed by atoms with van der Waals surface area (Å²) < 4.78 is 0. The van der Waals surface area contributed by atoms with Crippen molar-refractivity contribution < 1.29 is 9.90 Å². The molecule has 0 amide bonds. The maximum Gasteiger partial charge on any atom is 0.338 e. The normalized spacial score (nSPS) is 9.31. The number of halogens is 1. The molecule has 0 unspecified atom stereocenters. The van der Waals surface area contributed by atoms with Gasteiger partial charge in [0.25, 0.3) is 0 Å². The van der Waals surface area contributed by atoms with Crippen LogP contribution in [0.5, 0.6) is 0 Å². The number of thiol groups is 1. The second-order valence-electron chi connectivity index (χ2n) is 2.24. The van der Waals surface area contributed by atoms with Crippen LogP contribution in [0.25, 0.3) is 0 Å². The summed E-state index contributed by atoms with van der Waals surface area (Å²) in [7, 11) is 0. The third-order valence-corrected chi connectivity index (χ3v) is 2.22. The smallest absolute Gasteiger partial charge is 0.338 e. The van der Waals surface area contributed by atoms with E-state index in [1.165, 1.54) is 12.1 Å². The van der Waals surface area contributed by atoms with Crippen LogP contribution in [0.15, 0.2) is 17.0 Å². The molecule has 1 N–H and O–H groups in total. The van der Waals surface area contributed by atoms with E-state index in [2.05, 4.69) is 12.6 Å². The zero-order valence-corrected chi connectivity index (χ0v) is 7.93. The van der Waals surface area contributed by atoms with Crippen molar-refractivity contribution in [2.75, 3.05) is 0 Å². The van der Waals surface area contributed by atoms with Crippen molar-refractivity contribution in [2.24, 2.45) is 0 Å². The largest absolute Gasteiger partial charge is 0.478 e. The molecule has 0 aromatic heterocycles. The molecule has 0 spiro atoms. The first-order valence-electron chi connectivity index (χ1n) is 3.22. The molecule has 5 heteroatoms. The van der Waals surface area contributed by atoms with Crippen molar-refractivity contribution in [1.29, 1.82) is 5.26 Å². The van der Waals surface area contributed by atoms with Crippen LogP contribution in [-0.4, -0.2) is 11.1 Å². The molecule has 0 fully saturated rings. The molecule has 0 radical (unpaired) electrons. The van der Waals surface area contributed by atoms with Crippen molar-refractivity contribution in [3.63, 3.8) is 0 Å². The van der Waals surface area contributed by atoms with Gasteiger partial charge in [-0.15, -0.1) is 12.6 Å². The van der Waals surface area contributed by atoms with Gasteiger partial charge in [0.1, 0.15) is 6.07 Å². The highest BCUT2D eigenvalue weighted by Crippen LogP contribution is 2.26. The number of aromatic carboxylic acids is 1. The van der Waals surface area contributed by atoms with Gasteiger partial charge in [0.15, 0.2) is 0 Å². The van der Waals surface area contributed by atoms with Gasteiger partial charge in [-0.3, -0.25) is 0 Å². The van der Waals surface area contributed by atoms with E-state index in [4.69, 9.17) is 22.0 Å². The Labute approximate surface area is 85.0 Å². The molecule has 0 saturated carbocycles. The molecule has 1 rings (SSSR count). The van der Waals surface area contributed by atoms with Crippen LogP contribution in [0.1, 0.15) is 15.9 Å². The highest BCUT2D eigenvalue weighted by molar-refractivity contribution is 7.80. The average Bonchev–Trinajstić information content (AvgIpc) is 2.04. The minimum atomic E-state index is -1.19. The second-order valence-corrected chi connectivity index (χ2v) is 3.10. The summed E-state index contributed by atoms with van der Waals surface area (Å²) in [5.74, 6) is -1.19. The molecule has 0 aliphatic carbocycles. The number of carboxylic acid groups (broad SMARTS) is 1. The van der Waals surface area contributed by atoms with Gasteiger partial charge in [0.05, 0.1) is 16.1 Å². The molecule has 0 bridgehead atoms. The first kappa shape index (κ1) is 9.90. The lowest BCUT2D eigenvalue weighted by atomic mass is 10.1. The molecule has 1 aromatic rings. The summed E-state index contributed by atoms with van der Waals surface area (Å²) in [5, 5.41) is 17.2. The SMILES string of the molecule is N#Cc1ccc(S)c(C(=O)O)c1Cl. The van der Waals surface area contributed by atoms with Crippen LogP contribution in [0.3, 0.4) is 0 Å². The molecule has 0 saturated heterocycles. The molecular weight excluding hydrogens is 210 g/mol. The highest BCUT2D eigenvalue weighted by atomic mass is 35.5.